The van der Waals surface area contributed by atoms with E-state index in [9.17, 15) is 4.79 Å². The second kappa shape index (κ2) is 6.76. The zero-order chi connectivity index (χ0) is 17.2. The third-order valence-electron chi connectivity index (χ3n) is 4.27. The zero-order valence-corrected chi connectivity index (χ0v) is 14.8. The first-order valence-electron chi connectivity index (χ1n) is 8.40. The van der Waals surface area contributed by atoms with Crippen LogP contribution in [-0.2, 0) is 0 Å². The van der Waals surface area contributed by atoms with Crippen LogP contribution in [0.4, 0.5) is 0 Å². The lowest BCUT2D eigenvalue weighted by molar-refractivity contribution is 0.0944. The van der Waals surface area contributed by atoms with Crippen molar-refractivity contribution in [2.45, 2.75) is 19.4 Å². The molecule has 0 radical (unpaired) electrons. The van der Waals surface area contributed by atoms with Gasteiger partial charge in [-0.15, -0.1) is 11.3 Å². The smallest absolute Gasteiger partial charge is 0.261 e. The van der Waals surface area contributed by atoms with Crippen LogP contribution in [0, 0.1) is 0 Å². The first kappa shape index (κ1) is 16.0. The number of hydrogen-bond acceptors (Lipinski definition) is 4. The molecule has 1 N–H and O–H groups in total. The lowest BCUT2D eigenvalue weighted by atomic mass is 10.1. The van der Waals surface area contributed by atoms with E-state index in [-0.39, 0.29) is 11.9 Å². The van der Waals surface area contributed by atoms with Crippen LogP contribution in [-0.4, -0.2) is 19.1 Å². The Hall–Kier alpha value is -2.53. The SMILES string of the molecule is CC(NC(=O)c1cc2ccccc2s1)c1ccc2c(c1)OCCCO2. The molecule has 0 saturated heterocycles. The number of benzene rings is 2. The van der Waals surface area contributed by atoms with E-state index in [0.717, 1.165) is 38.4 Å². The third kappa shape index (κ3) is 3.33. The normalized spacial score (nSPS) is 14.8. The summed E-state index contributed by atoms with van der Waals surface area (Å²) in [7, 11) is 0. The fraction of sp³-hybridized carbons (Fsp3) is 0.250. The first-order valence-corrected chi connectivity index (χ1v) is 9.21. The predicted octanol–water partition coefficient (Wildman–Crippen LogP) is 4.55. The molecule has 3 aromatic rings. The Morgan fingerprint density at radius 2 is 1.88 bits per heavy atom. The molecule has 0 bridgehead atoms. The fourth-order valence-electron chi connectivity index (χ4n) is 2.89. The van der Waals surface area contributed by atoms with E-state index >= 15 is 0 Å². The number of thiophene rings is 1. The van der Waals surface area contributed by atoms with Gasteiger partial charge in [-0.2, -0.15) is 0 Å². The highest BCUT2D eigenvalue weighted by Crippen LogP contribution is 2.32. The molecule has 1 amide bonds. The van der Waals surface area contributed by atoms with Crippen molar-refractivity contribution in [1.29, 1.82) is 0 Å². The second-order valence-corrected chi connectivity index (χ2v) is 7.18. The number of carbonyl (C=O) groups is 1. The molecule has 1 atom stereocenters. The summed E-state index contributed by atoms with van der Waals surface area (Å²) < 4.78 is 12.5. The summed E-state index contributed by atoms with van der Waals surface area (Å²) in [6.07, 6.45) is 0.877. The van der Waals surface area contributed by atoms with Crippen LogP contribution in [0.2, 0.25) is 0 Å². The maximum atomic E-state index is 12.6. The lowest BCUT2D eigenvalue weighted by Gasteiger charge is -2.16. The van der Waals surface area contributed by atoms with Gasteiger partial charge in [0.05, 0.1) is 24.1 Å². The van der Waals surface area contributed by atoms with Crippen molar-refractivity contribution in [3.63, 3.8) is 0 Å². The lowest BCUT2D eigenvalue weighted by Crippen LogP contribution is -2.25. The van der Waals surface area contributed by atoms with Crippen LogP contribution in [0.3, 0.4) is 0 Å². The molecule has 0 saturated carbocycles. The first-order chi connectivity index (χ1) is 12.2. The molecular formula is C20H19NO3S. The zero-order valence-electron chi connectivity index (χ0n) is 14.0. The molecule has 1 unspecified atom stereocenters. The Morgan fingerprint density at radius 3 is 2.72 bits per heavy atom. The second-order valence-electron chi connectivity index (χ2n) is 6.10. The number of rotatable bonds is 3. The number of carbonyl (C=O) groups excluding carboxylic acids is 1. The summed E-state index contributed by atoms with van der Waals surface area (Å²) in [5.41, 5.74) is 0.999. The van der Waals surface area contributed by atoms with Crippen molar-refractivity contribution in [1.82, 2.24) is 5.32 Å². The minimum Gasteiger partial charge on any atom is -0.490 e. The van der Waals surface area contributed by atoms with Gasteiger partial charge >= 0.3 is 0 Å². The van der Waals surface area contributed by atoms with Crippen LogP contribution < -0.4 is 14.8 Å². The number of fused-ring (bicyclic) bond motifs is 2. The van der Waals surface area contributed by atoms with Gasteiger partial charge in [0.2, 0.25) is 0 Å². The highest BCUT2D eigenvalue weighted by molar-refractivity contribution is 7.20. The summed E-state index contributed by atoms with van der Waals surface area (Å²) in [5.74, 6) is 1.46. The quantitative estimate of drug-likeness (QED) is 0.751. The molecule has 25 heavy (non-hydrogen) atoms. The van der Waals surface area contributed by atoms with Crippen LogP contribution in [0.5, 0.6) is 11.5 Å². The van der Waals surface area contributed by atoms with E-state index < -0.39 is 0 Å². The highest BCUT2D eigenvalue weighted by Gasteiger charge is 2.17. The van der Waals surface area contributed by atoms with E-state index in [1.165, 1.54) is 11.3 Å². The molecule has 1 aliphatic heterocycles. The van der Waals surface area contributed by atoms with Gasteiger partial charge in [-0.05, 0) is 42.1 Å². The van der Waals surface area contributed by atoms with Crippen LogP contribution in [0.15, 0.2) is 48.5 Å². The topological polar surface area (TPSA) is 47.6 Å². The van der Waals surface area contributed by atoms with Gasteiger partial charge in [0.15, 0.2) is 11.5 Å². The summed E-state index contributed by atoms with van der Waals surface area (Å²) in [6, 6.07) is 15.7. The van der Waals surface area contributed by atoms with Crippen molar-refractivity contribution in [3.05, 3.63) is 59.0 Å². The van der Waals surface area contributed by atoms with Gasteiger partial charge in [-0.3, -0.25) is 4.79 Å². The summed E-state index contributed by atoms with van der Waals surface area (Å²) in [5, 5.41) is 4.17. The highest BCUT2D eigenvalue weighted by atomic mass is 32.1. The third-order valence-corrected chi connectivity index (χ3v) is 5.38. The maximum absolute atomic E-state index is 12.6. The van der Waals surface area contributed by atoms with Gasteiger partial charge in [-0.1, -0.05) is 24.3 Å². The molecule has 1 aromatic heterocycles. The summed E-state index contributed by atoms with van der Waals surface area (Å²) >= 11 is 1.51. The fourth-order valence-corrected chi connectivity index (χ4v) is 3.86. The Morgan fingerprint density at radius 1 is 1.08 bits per heavy atom. The molecule has 0 aliphatic carbocycles. The Kier molecular flexibility index (Phi) is 4.32. The minimum atomic E-state index is -0.116. The molecular weight excluding hydrogens is 334 g/mol. The van der Waals surface area contributed by atoms with Crippen LogP contribution in [0.1, 0.15) is 34.6 Å². The van der Waals surface area contributed by atoms with Gasteiger partial charge in [0.25, 0.3) is 5.91 Å². The van der Waals surface area contributed by atoms with Crippen molar-refractivity contribution in [3.8, 4) is 11.5 Å². The summed E-state index contributed by atoms with van der Waals surface area (Å²) in [4.78, 5) is 13.3. The van der Waals surface area contributed by atoms with Gasteiger partial charge in [0, 0.05) is 11.1 Å². The molecule has 4 rings (SSSR count). The molecule has 5 heteroatoms. The van der Waals surface area contributed by atoms with Crippen molar-refractivity contribution in [2.24, 2.45) is 0 Å². The van der Waals surface area contributed by atoms with Gasteiger partial charge < -0.3 is 14.8 Å². The van der Waals surface area contributed by atoms with Gasteiger partial charge in [-0.25, -0.2) is 0 Å². The Balaban J connectivity index is 1.52. The Bertz CT molecular complexity index is 885. The van der Waals surface area contributed by atoms with E-state index in [2.05, 4.69) is 5.32 Å². The largest absolute Gasteiger partial charge is 0.490 e. The standard InChI is InChI=1S/C20H19NO3S/c1-13(14-7-8-16-17(11-14)24-10-4-9-23-16)21-20(22)19-12-15-5-2-3-6-18(15)25-19/h2-3,5-8,11-13H,4,9-10H2,1H3,(H,21,22). The molecule has 1 aliphatic rings. The average Bonchev–Trinajstić information content (AvgIpc) is 2.92. The van der Waals surface area contributed by atoms with E-state index in [0.29, 0.717) is 13.2 Å². The number of ether oxygens (including phenoxy) is 2. The average molecular weight is 353 g/mol. The van der Waals surface area contributed by atoms with E-state index in [1.807, 2.05) is 55.5 Å². The van der Waals surface area contributed by atoms with Crippen molar-refractivity contribution >= 4 is 27.3 Å². The maximum Gasteiger partial charge on any atom is 0.261 e. The van der Waals surface area contributed by atoms with Crippen LogP contribution >= 0.6 is 11.3 Å². The molecule has 128 valence electrons. The Labute approximate surface area is 150 Å². The molecule has 2 heterocycles. The number of hydrogen-bond donors (Lipinski definition) is 1. The van der Waals surface area contributed by atoms with Crippen molar-refractivity contribution < 1.29 is 14.3 Å². The van der Waals surface area contributed by atoms with Crippen LogP contribution in [0.25, 0.3) is 10.1 Å². The van der Waals surface area contributed by atoms with Crippen molar-refractivity contribution in [2.75, 3.05) is 13.2 Å². The monoisotopic (exact) mass is 353 g/mol. The molecule has 4 nitrogen and oxygen atoms in total. The minimum absolute atomic E-state index is 0.0548. The molecule has 0 spiro atoms. The molecule has 2 aromatic carbocycles. The van der Waals surface area contributed by atoms with Gasteiger partial charge in [0.1, 0.15) is 0 Å². The van der Waals surface area contributed by atoms with E-state index in [4.69, 9.17) is 9.47 Å². The summed E-state index contributed by atoms with van der Waals surface area (Å²) in [6.45, 7) is 3.30. The number of nitrogens with one attached hydrogen (secondary N) is 1. The molecule has 0 fully saturated rings. The van der Waals surface area contributed by atoms with E-state index in [1.54, 1.807) is 0 Å². The number of amides is 1. The predicted molar refractivity (Wildman–Crippen MR) is 99.8 cm³/mol.